The van der Waals surface area contributed by atoms with Gasteiger partial charge in [-0.25, -0.2) is 28.4 Å². The molecule has 11 nitrogen and oxygen atoms in total. The van der Waals surface area contributed by atoms with E-state index >= 15 is 0 Å². The maximum atomic E-state index is 12.4. The molecule has 166 valence electrons. The van der Waals surface area contributed by atoms with E-state index < -0.39 is 10.0 Å². The molecule has 3 aromatic rings. The summed E-state index contributed by atoms with van der Waals surface area (Å²) >= 11 is 0. The molecule has 4 rings (SSSR count). The third-order valence-corrected chi connectivity index (χ3v) is 6.28. The Bertz CT molecular complexity index is 1210. The van der Waals surface area contributed by atoms with E-state index in [0.29, 0.717) is 48.2 Å². The van der Waals surface area contributed by atoms with Gasteiger partial charge in [-0.1, -0.05) is 0 Å². The number of pyridine rings is 1. The molecule has 3 aromatic heterocycles. The standard InChI is InChI=1S/C20H21N7O4S/c1-2-31-18-8-10-21-19(26-18)13-3-6-16(23-12-13)25-17(28)11-14-7-9-22-20(24-14)27-32(29,30)15-4-5-15/h3,6-10,12,15H,2,4-5,11H2,1H3,(H,22,24,27)(H,23,25,28). The first-order valence-corrected chi connectivity index (χ1v) is 11.5. The van der Waals surface area contributed by atoms with Crippen molar-refractivity contribution >= 4 is 27.7 Å². The zero-order valence-electron chi connectivity index (χ0n) is 17.2. The Morgan fingerprint density at radius 2 is 1.91 bits per heavy atom. The molecule has 0 atom stereocenters. The second-order valence-corrected chi connectivity index (χ2v) is 8.99. The van der Waals surface area contributed by atoms with E-state index in [1.165, 1.54) is 6.20 Å². The molecular formula is C20H21N7O4S. The lowest BCUT2D eigenvalue weighted by molar-refractivity contribution is -0.115. The van der Waals surface area contributed by atoms with Gasteiger partial charge in [-0.3, -0.25) is 9.52 Å². The fraction of sp³-hybridized carbons (Fsp3) is 0.300. The van der Waals surface area contributed by atoms with Gasteiger partial charge >= 0.3 is 0 Å². The third kappa shape index (κ3) is 5.52. The van der Waals surface area contributed by atoms with Gasteiger partial charge in [-0.15, -0.1) is 0 Å². The molecule has 0 aromatic carbocycles. The van der Waals surface area contributed by atoms with Crippen LogP contribution in [0.2, 0.25) is 0 Å². The summed E-state index contributed by atoms with van der Waals surface area (Å²) in [5, 5.41) is 2.29. The van der Waals surface area contributed by atoms with Crippen LogP contribution >= 0.6 is 0 Å². The van der Waals surface area contributed by atoms with Crippen LogP contribution in [-0.2, 0) is 21.2 Å². The molecule has 0 radical (unpaired) electrons. The van der Waals surface area contributed by atoms with Crippen LogP contribution in [0.5, 0.6) is 5.88 Å². The van der Waals surface area contributed by atoms with Crippen molar-refractivity contribution in [3.63, 3.8) is 0 Å². The Hall–Kier alpha value is -3.67. The van der Waals surface area contributed by atoms with Gasteiger partial charge in [0.2, 0.25) is 27.8 Å². The largest absolute Gasteiger partial charge is 0.478 e. The monoisotopic (exact) mass is 455 g/mol. The average Bonchev–Trinajstić information content (AvgIpc) is 3.61. The van der Waals surface area contributed by atoms with Crippen LogP contribution in [0.25, 0.3) is 11.4 Å². The number of hydrogen-bond acceptors (Lipinski definition) is 9. The Morgan fingerprint density at radius 1 is 1.09 bits per heavy atom. The number of carbonyl (C=O) groups is 1. The van der Waals surface area contributed by atoms with Crippen molar-refractivity contribution in [2.45, 2.75) is 31.4 Å². The highest BCUT2D eigenvalue weighted by atomic mass is 32.2. The van der Waals surface area contributed by atoms with Gasteiger partial charge in [0.1, 0.15) is 5.82 Å². The molecular weight excluding hydrogens is 434 g/mol. The van der Waals surface area contributed by atoms with Crippen molar-refractivity contribution in [2.24, 2.45) is 0 Å². The molecule has 32 heavy (non-hydrogen) atoms. The van der Waals surface area contributed by atoms with Crippen LogP contribution in [0.3, 0.4) is 0 Å². The number of sulfonamides is 1. The predicted octanol–water partition coefficient (Wildman–Crippen LogP) is 1.81. The molecule has 12 heteroatoms. The van der Waals surface area contributed by atoms with Gasteiger partial charge in [0, 0.05) is 30.2 Å². The zero-order chi connectivity index (χ0) is 22.6. The number of rotatable bonds is 9. The number of hydrogen-bond donors (Lipinski definition) is 2. The number of carbonyl (C=O) groups excluding carboxylic acids is 1. The molecule has 0 spiro atoms. The molecule has 2 N–H and O–H groups in total. The second kappa shape index (κ2) is 9.22. The molecule has 1 aliphatic rings. The van der Waals surface area contributed by atoms with E-state index in [2.05, 4.69) is 35.0 Å². The van der Waals surface area contributed by atoms with E-state index in [1.54, 1.807) is 36.7 Å². The second-order valence-electron chi connectivity index (χ2n) is 7.03. The van der Waals surface area contributed by atoms with Gasteiger partial charge in [-0.05, 0) is 38.0 Å². The lowest BCUT2D eigenvalue weighted by atomic mass is 10.2. The van der Waals surface area contributed by atoms with E-state index in [0.717, 1.165) is 0 Å². The van der Waals surface area contributed by atoms with Gasteiger partial charge in [0.15, 0.2) is 5.82 Å². The molecule has 0 unspecified atom stereocenters. The predicted molar refractivity (Wildman–Crippen MR) is 116 cm³/mol. The quantitative estimate of drug-likeness (QED) is 0.492. The average molecular weight is 456 g/mol. The fourth-order valence-corrected chi connectivity index (χ4v) is 4.07. The molecule has 1 fully saturated rings. The van der Waals surface area contributed by atoms with Crippen LogP contribution in [0.1, 0.15) is 25.5 Å². The number of amides is 1. The number of ether oxygens (including phenoxy) is 1. The fourth-order valence-electron chi connectivity index (χ4n) is 2.79. The molecule has 0 bridgehead atoms. The Labute approximate surface area is 184 Å². The molecule has 0 saturated heterocycles. The Kier molecular flexibility index (Phi) is 6.21. The van der Waals surface area contributed by atoms with Gasteiger partial charge in [-0.2, -0.15) is 4.98 Å². The minimum atomic E-state index is -3.47. The summed E-state index contributed by atoms with van der Waals surface area (Å²) < 4.78 is 31.8. The highest BCUT2D eigenvalue weighted by Crippen LogP contribution is 2.29. The van der Waals surface area contributed by atoms with E-state index in [4.69, 9.17) is 4.74 Å². The van der Waals surface area contributed by atoms with Crippen molar-refractivity contribution in [1.29, 1.82) is 0 Å². The van der Waals surface area contributed by atoms with E-state index in [9.17, 15) is 13.2 Å². The van der Waals surface area contributed by atoms with Crippen LogP contribution in [0, 0.1) is 0 Å². The summed E-state index contributed by atoms with van der Waals surface area (Å²) in [7, 11) is -3.47. The summed E-state index contributed by atoms with van der Waals surface area (Å²) in [4.78, 5) is 33.1. The first-order valence-electron chi connectivity index (χ1n) is 9.98. The summed E-state index contributed by atoms with van der Waals surface area (Å²) in [5.41, 5.74) is 1.05. The SMILES string of the molecule is CCOc1ccnc(-c2ccc(NC(=O)Cc3ccnc(NS(=O)(=O)C4CC4)n3)nc2)n1. The van der Waals surface area contributed by atoms with Gasteiger partial charge in [0.05, 0.1) is 24.0 Å². The van der Waals surface area contributed by atoms with Crippen molar-refractivity contribution in [2.75, 3.05) is 16.6 Å². The van der Waals surface area contributed by atoms with E-state index in [-0.39, 0.29) is 23.5 Å². The number of nitrogens with one attached hydrogen (secondary N) is 2. The molecule has 3 heterocycles. The summed E-state index contributed by atoms with van der Waals surface area (Å²) in [6, 6.07) is 6.60. The highest BCUT2D eigenvalue weighted by Gasteiger charge is 2.36. The lowest BCUT2D eigenvalue weighted by Crippen LogP contribution is -2.20. The number of aromatic nitrogens is 5. The van der Waals surface area contributed by atoms with Crippen LogP contribution in [0.15, 0.2) is 42.9 Å². The Morgan fingerprint density at radius 3 is 2.62 bits per heavy atom. The molecule has 1 aliphatic carbocycles. The maximum absolute atomic E-state index is 12.4. The molecule has 1 saturated carbocycles. The summed E-state index contributed by atoms with van der Waals surface area (Å²) in [6.07, 6.45) is 5.76. The topological polar surface area (TPSA) is 149 Å². The smallest absolute Gasteiger partial charge is 0.237 e. The van der Waals surface area contributed by atoms with Crippen molar-refractivity contribution in [1.82, 2.24) is 24.9 Å². The summed E-state index contributed by atoms with van der Waals surface area (Å²) in [6.45, 7) is 2.37. The van der Waals surface area contributed by atoms with Gasteiger partial charge in [0.25, 0.3) is 0 Å². The van der Waals surface area contributed by atoms with Gasteiger partial charge < -0.3 is 10.1 Å². The van der Waals surface area contributed by atoms with Crippen LogP contribution in [-0.4, -0.2) is 51.1 Å². The lowest BCUT2D eigenvalue weighted by Gasteiger charge is -2.08. The highest BCUT2D eigenvalue weighted by molar-refractivity contribution is 7.93. The summed E-state index contributed by atoms with van der Waals surface area (Å²) in [5.74, 6) is 0.888. The molecule has 0 aliphatic heterocycles. The van der Waals surface area contributed by atoms with E-state index in [1.807, 2.05) is 6.92 Å². The Balaban J connectivity index is 1.37. The van der Waals surface area contributed by atoms with Crippen LogP contribution in [0.4, 0.5) is 11.8 Å². The third-order valence-electron chi connectivity index (χ3n) is 4.46. The first kappa shape index (κ1) is 21.6. The van der Waals surface area contributed by atoms with Crippen molar-refractivity contribution < 1.29 is 17.9 Å². The number of anilines is 2. The number of nitrogens with zero attached hydrogens (tertiary/aromatic N) is 5. The van der Waals surface area contributed by atoms with Crippen LogP contribution < -0.4 is 14.8 Å². The normalized spacial score (nSPS) is 13.4. The zero-order valence-corrected chi connectivity index (χ0v) is 18.0. The minimum Gasteiger partial charge on any atom is -0.478 e. The maximum Gasteiger partial charge on any atom is 0.237 e. The first-order chi connectivity index (χ1) is 15.4. The van der Waals surface area contributed by atoms with Crippen molar-refractivity contribution in [3.8, 4) is 17.3 Å². The molecule has 1 amide bonds. The van der Waals surface area contributed by atoms with Crippen molar-refractivity contribution in [3.05, 3.63) is 48.5 Å². The minimum absolute atomic E-state index is 0.0426.